The SMILES string of the molecule is N=C/C=C(\O)C(=O)N1CCOCC1CNC(=O)c1ccc(C(=N)NC(=O)C(F)(F)F)cc1. The van der Waals surface area contributed by atoms with Gasteiger partial charge in [0.15, 0.2) is 5.76 Å². The number of carbonyl (C=O) groups excluding carboxylic acids is 3. The van der Waals surface area contributed by atoms with Crippen LogP contribution < -0.4 is 10.6 Å². The number of amidine groups is 1. The highest BCUT2D eigenvalue weighted by Crippen LogP contribution is 2.15. The van der Waals surface area contributed by atoms with Crippen LogP contribution in [0.15, 0.2) is 36.1 Å². The Labute approximate surface area is 180 Å². The van der Waals surface area contributed by atoms with Crippen molar-refractivity contribution < 1.29 is 37.4 Å². The molecule has 1 atom stereocenters. The number of hydrogen-bond donors (Lipinski definition) is 5. The number of nitrogens with one attached hydrogen (secondary N) is 4. The predicted octanol–water partition coefficient (Wildman–Crippen LogP) is 0.739. The minimum Gasteiger partial charge on any atom is -0.503 e. The molecule has 5 N–H and O–H groups in total. The van der Waals surface area contributed by atoms with Gasteiger partial charge < -0.3 is 30.8 Å². The normalized spacial score (nSPS) is 16.8. The zero-order valence-corrected chi connectivity index (χ0v) is 16.5. The molecule has 3 amide bonds. The molecule has 0 spiro atoms. The monoisotopic (exact) mass is 455 g/mol. The number of carbonyl (C=O) groups is 3. The second-order valence-corrected chi connectivity index (χ2v) is 6.56. The van der Waals surface area contributed by atoms with Gasteiger partial charge in [-0.1, -0.05) is 12.1 Å². The highest BCUT2D eigenvalue weighted by Gasteiger charge is 2.39. The van der Waals surface area contributed by atoms with Crippen molar-refractivity contribution in [3.05, 3.63) is 47.2 Å². The van der Waals surface area contributed by atoms with Gasteiger partial charge in [-0.05, 0) is 12.1 Å². The third-order valence-electron chi connectivity index (χ3n) is 4.38. The van der Waals surface area contributed by atoms with Crippen LogP contribution in [-0.2, 0) is 14.3 Å². The fraction of sp³-hybridized carbons (Fsp3) is 0.316. The number of allylic oxidation sites excluding steroid dienone is 1. The van der Waals surface area contributed by atoms with Crippen molar-refractivity contribution in [2.24, 2.45) is 0 Å². The van der Waals surface area contributed by atoms with E-state index in [1.807, 2.05) is 0 Å². The summed E-state index contributed by atoms with van der Waals surface area (Å²) in [5.41, 5.74) is 0.0925. The van der Waals surface area contributed by atoms with Gasteiger partial charge in [0.1, 0.15) is 5.84 Å². The molecular formula is C19H20F3N5O5. The minimum atomic E-state index is -5.13. The first-order valence-corrected chi connectivity index (χ1v) is 9.18. The van der Waals surface area contributed by atoms with E-state index in [4.69, 9.17) is 15.6 Å². The van der Waals surface area contributed by atoms with E-state index in [2.05, 4.69) is 5.32 Å². The second kappa shape index (κ2) is 10.5. The molecule has 0 saturated carbocycles. The van der Waals surface area contributed by atoms with Gasteiger partial charge in [-0.2, -0.15) is 13.2 Å². The molecule has 1 heterocycles. The number of halogens is 3. The molecule has 0 aliphatic carbocycles. The van der Waals surface area contributed by atoms with Crippen LogP contribution in [0.4, 0.5) is 13.2 Å². The maximum Gasteiger partial charge on any atom is 0.471 e. The van der Waals surface area contributed by atoms with E-state index in [0.29, 0.717) is 0 Å². The average Bonchev–Trinajstić information content (AvgIpc) is 2.76. The zero-order valence-electron chi connectivity index (χ0n) is 16.5. The Hall–Kier alpha value is -3.74. The number of nitrogens with zero attached hydrogens (tertiary/aromatic N) is 1. The predicted molar refractivity (Wildman–Crippen MR) is 106 cm³/mol. The maximum absolute atomic E-state index is 12.4. The van der Waals surface area contributed by atoms with E-state index in [1.54, 1.807) is 0 Å². The number of aliphatic hydroxyl groups excluding tert-OH is 1. The van der Waals surface area contributed by atoms with Crippen molar-refractivity contribution >= 4 is 29.8 Å². The van der Waals surface area contributed by atoms with Crippen LogP contribution in [-0.4, -0.2) is 78.3 Å². The fourth-order valence-electron chi connectivity index (χ4n) is 2.75. The standard InChI is InChI=1S/C19H20F3N5O5/c20-19(21,22)18(31)26-15(24)11-1-3-12(4-2-11)16(29)25-9-13-10-32-8-7-27(13)17(30)14(28)5-6-23/h1-6,13,23,28H,7-10H2,(H,25,29)(H2,24,26,31)/b14-5-,23-6?. The maximum atomic E-state index is 12.4. The quantitative estimate of drug-likeness (QED) is 0.185. The molecule has 13 heteroatoms. The molecule has 172 valence electrons. The van der Waals surface area contributed by atoms with Crippen LogP contribution in [0, 0.1) is 10.8 Å². The number of hydrogen-bond acceptors (Lipinski definition) is 7. The molecule has 1 aromatic carbocycles. The smallest absolute Gasteiger partial charge is 0.471 e. The Kier molecular flexibility index (Phi) is 8.07. The molecule has 1 unspecified atom stereocenters. The molecule has 0 aromatic heterocycles. The van der Waals surface area contributed by atoms with Gasteiger partial charge in [-0.3, -0.25) is 19.8 Å². The van der Waals surface area contributed by atoms with Crippen molar-refractivity contribution in [2.75, 3.05) is 26.3 Å². The second-order valence-electron chi connectivity index (χ2n) is 6.56. The molecule has 0 radical (unpaired) electrons. The van der Waals surface area contributed by atoms with Crippen LogP contribution in [0.25, 0.3) is 0 Å². The lowest BCUT2D eigenvalue weighted by atomic mass is 10.1. The Morgan fingerprint density at radius 1 is 1.22 bits per heavy atom. The van der Waals surface area contributed by atoms with E-state index in [1.165, 1.54) is 34.5 Å². The number of amides is 3. The number of alkyl halides is 3. The van der Waals surface area contributed by atoms with E-state index in [9.17, 15) is 32.7 Å². The van der Waals surface area contributed by atoms with Crippen LogP contribution in [0.5, 0.6) is 0 Å². The summed E-state index contributed by atoms with van der Waals surface area (Å²) >= 11 is 0. The first kappa shape index (κ1) is 24.5. The zero-order chi connectivity index (χ0) is 23.9. The summed E-state index contributed by atoms with van der Waals surface area (Å²) in [5.74, 6) is -4.93. The Bertz CT molecular complexity index is 930. The highest BCUT2D eigenvalue weighted by molar-refractivity contribution is 6.08. The van der Waals surface area contributed by atoms with Gasteiger partial charge in [-0.25, -0.2) is 0 Å². The van der Waals surface area contributed by atoms with Crippen LogP contribution in [0.1, 0.15) is 15.9 Å². The molecular weight excluding hydrogens is 435 g/mol. The van der Waals surface area contributed by atoms with Gasteiger partial charge >= 0.3 is 12.1 Å². The van der Waals surface area contributed by atoms with Gasteiger partial charge in [-0.15, -0.1) is 0 Å². The lowest BCUT2D eigenvalue weighted by Gasteiger charge is -2.35. The molecule has 32 heavy (non-hydrogen) atoms. The van der Waals surface area contributed by atoms with Gasteiger partial charge in [0.05, 0.1) is 19.3 Å². The lowest BCUT2D eigenvalue weighted by Crippen LogP contribution is -2.54. The highest BCUT2D eigenvalue weighted by atomic mass is 19.4. The minimum absolute atomic E-state index is 0.0122. The first-order chi connectivity index (χ1) is 15.0. The summed E-state index contributed by atoms with van der Waals surface area (Å²) in [6.45, 7) is 0.516. The molecule has 1 fully saturated rings. The summed E-state index contributed by atoms with van der Waals surface area (Å²) in [4.78, 5) is 36.9. The van der Waals surface area contributed by atoms with Gasteiger partial charge in [0, 0.05) is 36.5 Å². The molecule has 1 saturated heterocycles. The summed E-state index contributed by atoms with van der Waals surface area (Å²) in [5, 5.41) is 28.2. The van der Waals surface area contributed by atoms with E-state index < -0.39 is 41.5 Å². The lowest BCUT2D eigenvalue weighted by molar-refractivity contribution is -0.171. The van der Waals surface area contributed by atoms with Crippen LogP contribution >= 0.6 is 0 Å². The molecule has 1 aliphatic rings. The summed E-state index contributed by atoms with van der Waals surface area (Å²) < 4.78 is 42.1. The van der Waals surface area contributed by atoms with Gasteiger partial charge in [0.2, 0.25) is 0 Å². The Balaban J connectivity index is 1.98. The Morgan fingerprint density at radius 2 is 1.84 bits per heavy atom. The molecule has 2 rings (SSSR count). The number of aliphatic hydroxyl groups is 1. The van der Waals surface area contributed by atoms with E-state index in [0.717, 1.165) is 12.3 Å². The summed E-state index contributed by atoms with van der Waals surface area (Å²) in [6, 6.07) is 4.35. The molecule has 1 aliphatic heterocycles. The Morgan fingerprint density at radius 3 is 2.44 bits per heavy atom. The molecule has 1 aromatic rings. The van der Waals surface area contributed by atoms with Crippen molar-refractivity contribution in [3.8, 4) is 0 Å². The van der Waals surface area contributed by atoms with Crippen molar-refractivity contribution in [3.63, 3.8) is 0 Å². The third-order valence-corrected chi connectivity index (χ3v) is 4.38. The van der Waals surface area contributed by atoms with Crippen molar-refractivity contribution in [1.82, 2.24) is 15.5 Å². The molecule has 10 nitrogen and oxygen atoms in total. The average molecular weight is 455 g/mol. The van der Waals surface area contributed by atoms with Crippen LogP contribution in [0.3, 0.4) is 0 Å². The van der Waals surface area contributed by atoms with Gasteiger partial charge in [0.25, 0.3) is 11.8 Å². The number of ether oxygens (including phenoxy) is 1. The number of benzene rings is 1. The fourth-order valence-corrected chi connectivity index (χ4v) is 2.75. The summed E-state index contributed by atoms with van der Waals surface area (Å²) in [6.07, 6.45) is -3.43. The van der Waals surface area contributed by atoms with E-state index in [-0.39, 0.29) is 37.4 Å². The first-order valence-electron chi connectivity index (χ1n) is 9.18. The topological polar surface area (TPSA) is 156 Å². The molecule has 0 bridgehead atoms. The van der Waals surface area contributed by atoms with E-state index >= 15 is 0 Å². The van der Waals surface area contributed by atoms with Crippen molar-refractivity contribution in [2.45, 2.75) is 12.2 Å². The largest absolute Gasteiger partial charge is 0.503 e. The third kappa shape index (κ3) is 6.38. The number of morpholine rings is 1. The van der Waals surface area contributed by atoms with Crippen molar-refractivity contribution in [1.29, 1.82) is 10.8 Å². The summed E-state index contributed by atoms with van der Waals surface area (Å²) in [7, 11) is 0. The number of rotatable bonds is 6. The van der Waals surface area contributed by atoms with Crippen LogP contribution in [0.2, 0.25) is 0 Å².